The van der Waals surface area contributed by atoms with Crippen molar-refractivity contribution in [3.8, 4) is 0 Å². The van der Waals surface area contributed by atoms with E-state index in [9.17, 15) is 4.79 Å². The van der Waals surface area contributed by atoms with Crippen molar-refractivity contribution in [1.82, 2.24) is 9.88 Å². The Kier molecular flexibility index (Phi) is 4.11. The van der Waals surface area contributed by atoms with Crippen LogP contribution in [-0.4, -0.2) is 16.7 Å². The highest BCUT2D eigenvalue weighted by Crippen LogP contribution is 2.16. The Morgan fingerprint density at radius 3 is 2.79 bits per heavy atom. The third-order valence-corrected chi connectivity index (χ3v) is 3.96. The molecule has 2 aromatic rings. The van der Waals surface area contributed by atoms with Crippen LogP contribution >= 0.6 is 11.3 Å². The maximum Gasteiger partial charge on any atom is 0.259 e. The van der Waals surface area contributed by atoms with Crippen LogP contribution in [0.3, 0.4) is 0 Å². The van der Waals surface area contributed by atoms with Gasteiger partial charge in [-0.25, -0.2) is 0 Å². The van der Waals surface area contributed by atoms with E-state index in [1.165, 1.54) is 0 Å². The number of hydrogen-bond donors (Lipinski definition) is 1. The molecule has 0 amide bonds. The van der Waals surface area contributed by atoms with Gasteiger partial charge in [-0.2, -0.15) is 0 Å². The molecule has 0 aliphatic carbocycles. The molecule has 1 atom stereocenters. The highest BCUT2D eigenvalue weighted by atomic mass is 32.1. The maximum atomic E-state index is 12.3. The number of rotatable bonds is 4. The lowest BCUT2D eigenvalue weighted by atomic mass is 10.1. The summed E-state index contributed by atoms with van der Waals surface area (Å²) in [5.74, 6) is 0.424. The van der Waals surface area contributed by atoms with Gasteiger partial charge in [0.1, 0.15) is 0 Å². The second-order valence-corrected chi connectivity index (χ2v) is 7.16. The molecular formula is C15H22N2OS. The molecule has 0 aromatic carbocycles. The lowest BCUT2D eigenvalue weighted by molar-refractivity contribution is 0.358. The Morgan fingerprint density at radius 1 is 1.37 bits per heavy atom. The average molecular weight is 278 g/mol. The number of fused-ring (bicyclic) bond motifs is 1. The Hall–Kier alpha value is -1.13. The third-order valence-electron chi connectivity index (χ3n) is 3.08. The highest BCUT2D eigenvalue weighted by molar-refractivity contribution is 7.17. The zero-order valence-electron chi connectivity index (χ0n) is 12.1. The second-order valence-electron chi connectivity index (χ2n) is 6.21. The van der Waals surface area contributed by atoms with Gasteiger partial charge >= 0.3 is 0 Å². The van der Waals surface area contributed by atoms with E-state index in [2.05, 4.69) is 33.0 Å². The number of pyridine rings is 1. The number of nitrogens with zero attached hydrogens (tertiary/aromatic N) is 1. The molecule has 0 aliphatic heterocycles. The van der Waals surface area contributed by atoms with E-state index in [-0.39, 0.29) is 11.1 Å². The predicted octanol–water partition coefficient (Wildman–Crippen LogP) is 3.09. The zero-order valence-corrected chi connectivity index (χ0v) is 12.9. The largest absolute Gasteiger partial charge is 0.315 e. The van der Waals surface area contributed by atoms with Crippen LogP contribution in [0.2, 0.25) is 0 Å². The molecule has 1 unspecified atom stereocenters. The van der Waals surface area contributed by atoms with Gasteiger partial charge in [0.05, 0.1) is 5.39 Å². The van der Waals surface area contributed by atoms with Crippen molar-refractivity contribution in [2.45, 2.75) is 39.8 Å². The van der Waals surface area contributed by atoms with Crippen molar-refractivity contribution in [3.63, 3.8) is 0 Å². The molecule has 2 rings (SSSR count). The van der Waals surface area contributed by atoms with Crippen molar-refractivity contribution in [3.05, 3.63) is 34.1 Å². The predicted molar refractivity (Wildman–Crippen MR) is 83.0 cm³/mol. The summed E-state index contributed by atoms with van der Waals surface area (Å²) in [6, 6.07) is 3.95. The van der Waals surface area contributed by atoms with Gasteiger partial charge in [0, 0.05) is 23.0 Å². The van der Waals surface area contributed by atoms with Gasteiger partial charge in [-0.3, -0.25) is 4.79 Å². The molecule has 1 N–H and O–H groups in total. The van der Waals surface area contributed by atoms with E-state index < -0.39 is 0 Å². The number of nitrogens with one attached hydrogen (secondary N) is 1. The van der Waals surface area contributed by atoms with Gasteiger partial charge < -0.3 is 9.88 Å². The van der Waals surface area contributed by atoms with Crippen LogP contribution in [0, 0.1) is 5.92 Å². The summed E-state index contributed by atoms with van der Waals surface area (Å²) in [5.41, 5.74) is 0.248. The quantitative estimate of drug-likeness (QED) is 0.932. The number of thiophene rings is 1. The highest BCUT2D eigenvalue weighted by Gasteiger charge is 2.12. The Labute approximate surface area is 118 Å². The van der Waals surface area contributed by atoms with Crippen molar-refractivity contribution in [2.24, 2.45) is 5.92 Å². The summed E-state index contributed by atoms with van der Waals surface area (Å²) >= 11 is 1.62. The summed E-state index contributed by atoms with van der Waals surface area (Å²) in [5, 5.41) is 6.29. The first-order chi connectivity index (χ1) is 8.87. The van der Waals surface area contributed by atoms with Crippen LogP contribution in [0.4, 0.5) is 0 Å². The Morgan fingerprint density at radius 2 is 2.11 bits per heavy atom. The fourth-order valence-electron chi connectivity index (χ4n) is 2.03. The summed E-state index contributed by atoms with van der Waals surface area (Å²) in [7, 11) is 0. The van der Waals surface area contributed by atoms with Gasteiger partial charge in [0.25, 0.3) is 5.56 Å². The molecule has 0 saturated heterocycles. The Balaban J connectivity index is 2.09. The maximum absolute atomic E-state index is 12.3. The zero-order chi connectivity index (χ0) is 14.0. The number of hydrogen-bond acceptors (Lipinski definition) is 3. The summed E-state index contributed by atoms with van der Waals surface area (Å²) < 4.78 is 2.89. The van der Waals surface area contributed by atoms with Crippen LogP contribution in [0.5, 0.6) is 0 Å². The molecule has 0 aliphatic rings. The van der Waals surface area contributed by atoms with Crippen LogP contribution in [0.25, 0.3) is 10.1 Å². The Bertz CT molecular complexity index is 606. The van der Waals surface area contributed by atoms with E-state index in [0.29, 0.717) is 5.92 Å². The minimum atomic E-state index is 0.122. The van der Waals surface area contributed by atoms with Gasteiger partial charge in [-0.15, -0.1) is 11.3 Å². The first-order valence-electron chi connectivity index (χ1n) is 6.68. The van der Waals surface area contributed by atoms with Gasteiger partial charge in [0.15, 0.2) is 0 Å². The van der Waals surface area contributed by atoms with E-state index in [4.69, 9.17) is 0 Å². The van der Waals surface area contributed by atoms with Crippen LogP contribution < -0.4 is 10.9 Å². The van der Waals surface area contributed by atoms with Gasteiger partial charge in [-0.1, -0.05) is 6.92 Å². The molecule has 19 heavy (non-hydrogen) atoms. The smallest absolute Gasteiger partial charge is 0.259 e. The van der Waals surface area contributed by atoms with Gasteiger partial charge in [-0.05, 0) is 50.7 Å². The summed E-state index contributed by atoms with van der Waals surface area (Å²) in [6.07, 6.45) is 1.91. The molecular weight excluding hydrogens is 256 g/mol. The van der Waals surface area contributed by atoms with E-state index in [0.717, 1.165) is 23.2 Å². The molecule has 2 aromatic heterocycles. The lowest BCUT2D eigenvalue weighted by Gasteiger charge is -2.23. The normalized spacial score (nSPS) is 13.9. The van der Waals surface area contributed by atoms with Crippen molar-refractivity contribution < 1.29 is 0 Å². The molecule has 0 bridgehead atoms. The van der Waals surface area contributed by atoms with E-state index in [1.54, 1.807) is 11.3 Å². The minimum absolute atomic E-state index is 0.122. The number of aromatic nitrogens is 1. The molecule has 0 fully saturated rings. The molecule has 0 spiro atoms. The standard InChI is InChI=1S/C15H22N2OS/c1-11(9-16-15(2,3)4)10-17-7-5-13-12(14(17)18)6-8-19-13/h5-8,11,16H,9-10H2,1-4H3. The molecule has 4 heteroatoms. The SMILES string of the molecule is CC(CNC(C)(C)C)Cn1ccc2sccc2c1=O. The van der Waals surface area contributed by atoms with E-state index in [1.807, 2.05) is 28.3 Å². The summed E-state index contributed by atoms with van der Waals surface area (Å²) in [4.78, 5) is 12.3. The fraction of sp³-hybridized carbons (Fsp3) is 0.533. The topological polar surface area (TPSA) is 34.0 Å². The van der Waals surface area contributed by atoms with Gasteiger partial charge in [0.2, 0.25) is 0 Å². The monoisotopic (exact) mass is 278 g/mol. The minimum Gasteiger partial charge on any atom is -0.315 e. The second kappa shape index (κ2) is 5.47. The fourth-order valence-corrected chi connectivity index (χ4v) is 2.80. The first kappa shape index (κ1) is 14.3. The first-order valence-corrected chi connectivity index (χ1v) is 7.56. The van der Waals surface area contributed by atoms with Crippen molar-refractivity contribution >= 4 is 21.4 Å². The van der Waals surface area contributed by atoms with Crippen LogP contribution in [0.15, 0.2) is 28.5 Å². The van der Waals surface area contributed by atoms with Crippen LogP contribution in [0.1, 0.15) is 27.7 Å². The molecule has 0 radical (unpaired) electrons. The molecule has 104 valence electrons. The molecule has 2 heterocycles. The van der Waals surface area contributed by atoms with E-state index >= 15 is 0 Å². The summed E-state index contributed by atoms with van der Waals surface area (Å²) in [6.45, 7) is 10.3. The van der Waals surface area contributed by atoms with Crippen molar-refractivity contribution in [1.29, 1.82) is 0 Å². The molecule has 3 nitrogen and oxygen atoms in total. The third kappa shape index (κ3) is 3.67. The van der Waals surface area contributed by atoms with Crippen molar-refractivity contribution in [2.75, 3.05) is 6.54 Å². The molecule has 0 saturated carbocycles. The average Bonchev–Trinajstić information content (AvgIpc) is 2.78. The van der Waals surface area contributed by atoms with Crippen LogP contribution in [-0.2, 0) is 6.54 Å². The lowest BCUT2D eigenvalue weighted by Crippen LogP contribution is -2.40.